The maximum Gasteiger partial charge on any atom is 0.232 e. The van der Waals surface area contributed by atoms with Gasteiger partial charge in [0.15, 0.2) is 0 Å². The summed E-state index contributed by atoms with van der Waals surface area (Å²) < 4.78 is 37.7. The highest BCUT2D eigenvalue weighted by Crippen LogP contribution is 2.18. The summed E-state index contributed by atoms with van der Waals surface area (Å²) in [5, 5.41) is 2.74. The van der Waals surface area contributed by atoms with E-state index in [9.17, 15) is 17.6 Å². The van der Waals surface area contributed by atoms with Gasteiger partial charge < -0.3 is 5.32 Å². The van der Waals surface area contributed by atoms with E-state index in [1.54, 1.807) is 0 Å². The van der Waals surface area contributed by atoms with Crippen molar-refractivity contribution in [3.8, 4) is 0 Å². The Morgan fingerprint density at radius 3 is 2.43 bits per heavy atom. The van der Waals surface area contributed by atoms with E-state index in [2.05, 4.69) is 5.32 Å². The molecule has 0 bridgehead atoms. The lowest BCUT2D eigenvalue weighted by atomic mass is 10.2. The molecule has 1 amide bonds. The zero-order valence-electron chi connectivity index (χ0n) is 12.3. The summed E-state index contributed by atoms with van der Waals surface area (Å²) in [5.41, 5.74) is 0.396. The number of halogens is 1. The van der Waals surface area contributed by atoms with Crippen LogP contribution in [0.1, 0.15) is 26.2 Å². The first-order valence-electron chi connectivity index (χ1n) is 6.84. The topological polar surface area (TPSA) is 66.5 Å². The summed E-state index contributed by atoms with van der Waals surface area (Å²) >= 11 is 0. The number of anilines is 1. The number of rotatable bonds is 8. The molecule has 21 heavy (non-hydrogen) atoms. The molecule has 1 aromatic carbocycles. The number of benzene rings is 1. The monoisotopic (exact) mass is 316 g/mol. The average Bonchev–Trinajstić information content (AvgIpc) is 2.41. The van der Waals surface area contributed by atoms with Crippen LogP contribution in [0.4, 0.5) is 10.1 Å². The molecule has 0 fully saturated rings. The highest BCUT2D eigenvalue weighted by molar-refractivity contribution is 7.92. The molecule has 0 aliphatic heterocycles. The van der Waals surface area contributed by atoms with Crippen molar-refractivity contribution >= 4 is 21.6 Å². The minimum absolute atomic E-state index is 0.0931. The third-order valence-corrected chi connectivity index (χ3v) is 4.05. The Balaban J connectivity index is 2.65. The number of hydrogen-bond acceptors (Lipinski definition) is 3. The molecule has 0 aromatic heterocycles. The Kier molecular flexibility index (Phi) is 6.61. The normalized spacial score (nSPS) is 11.2. The van der Waals surface area contributed by atoms with Gasteiger partial charge in [0.25, 0.3) is 0 Å². The zero-order valence-corrected chi connectivity index (χ0v) is 13.1. The fourth-order valence-electron chi connectivity index (χ4n) is 1.83. The van der Waals surface area contributed by atoms with Gasteiger partial charge in [-0.2, -0.15) is 0 Å². The lowest BCUT2D eigenvalue weighted by Gasteiger charge is -2.22. The first-order chi connectivity index (χ1) is 9.84. The van der Waals surface area contributed by atoms with Gasteiger partial charge >= 0.3 is 0 Å². The number of amides is 1. The van der Waals surface area contributed by atoms with Gasteiger partial charge in [0.1, 0.15) is 5.82 Å². The summed E-state index contributed by atoms with van der Waals surface area (Å²) in [6.45, 7) is 2.76. The van der Waals surface area contributed by atoms with Gasteiger partial charge in [0.05, 0.1) is 11.9 Å². The van der Waals surface area contributed by atoms with Gasteiger partial charge in [0.2, 0.25) is 15.9 Å². The maximum absolute atomic E-state index is 12.9. The fraction of sp³-hybridized carbons (Fsp3) is 0.500. The molecule has 0 atom stereocenters. The van der Waals surface area contributed by atoms with Gasteiger partial charge in [-0.1, -0.05) is 6.92 Å². The number of nitrogens with zero attached hydrogens (tertiary/aromatic N) is 1. The molecular weight excluding hydrogens is 295 g/mol. The van der Waals surface area contributed by atoms with E-state index in [4.69, 9.17) is 0 Å². The number of carbonyl (C=O) groups is 1. The maximum atomic E-state index is 12.9. The minimum atomic E-state index is -3.47. The number of nitrogens with one attached hydrogen (secondary N) is 1. The molecule has 0 aliphatic rings. The van der Waals surface area contributed by atoms with Gasteiger partial charge in [-0.15, -0.1) is 0 Å². The molecule has 5 nitrogen and oxygen atoms in total. The van der Waals surface area contributed by atoms with Crippen molar-refractivity contribution in [2.24, 2.45) is 0 Å². The molecule has 0 radical (unpaired) electrons. The van der Waals surface area contributed by atoms with Crippen LogP contribution in [0.5, 0.6) is 0 Å². The first-order valence-corrected chi connectivity index (χ1v) is 8.69. The Bertz CT molecular complexity index is 558. The van der Waals surface area contributed by atoms with Crippen molar-refractivity contribution < 1.29 is 17.6 Å². The second kappa shape index (κ2) is 7.97. The third kappa shape index (κ3) is 6.12. The van der Waals surface area contributed by atoms with E-state index in [1.807, 2.05) is 6.92 Å². The molecule has 118 valence electrons. The number of carbonyl (C=O) groups excluding carboxylic acids is 1. The quantitative estimate of drug-likeness (QED) is 0.796. The standard InChI is InChI=1S/C14H21FN2O3S/c1-3-10-16-14(18)5-4-11-17(21(2,19)20)13-8-6-12(15)7-9-13/h6-9H,3-5,10-11H2,1-2H3,(H,16,18). The predicted molar refractivity (Wildman–Crippen MR) is 81.1 cm³/mol. The van der Waals surface area contributed by atoms with Crippen LogP contribution in [0.25, 0.3) is 0 Å². The van der Waals surface area contributed by atoms with Gasteiger partial charge in [0, 0.05) is 19.5 Å². The second-order valence-corrected chi connectivity index (χ2v) is 6.67. The van der Waals surface area contributed by atoms with Crippen LogP contribution in [0, 0.1) is 5.82 Å². The molecule has 0 spiro atoms. The van der Waals surface area contributed by atoms with Crippen molar-refractivity contribution in [2.75, 3.05) is 23.7 Å². The SMILES string of the molecule is CCCNC(=O)CCCN(c1ccc(F)cc1)S(C)(=O)=O. The van der Waals surface area contributed by atoms with Crippen LogP contribution >= 0.6 is 0 Å². The highest BCUT2D eigenvalue weighted by Gasteiger charge is 2.17. The molecule has 0 heterocycles. The van der Waals surface area contributed by atoms with E-state index >= 15 is 0 Å². The average molecular weight is 316 g/mol. The van der Waals surface area contributed by atoms with Crippen LogP contribution in [0.15, 0.2) is 24.3 Å². The molecule has 0 saturated carbocycles. The van der Waals surface area contributed by atoms with Crippen molar-refractivity contribution in [1.29, 1.82) is 0 Å². The largest absolute Gasteiger partial charge is 0.356 e. The van der Waals surface area contributed by atoms with E-state index in [0.717, 1.165) is 12.7 Å². The molecule has 7 heteroatoms. The molecule has 1 aromatic rings. The molecule has 0 saturated heterocycles. The Hall–Kier alpha value is -1.63. The van der Waals surface area contributed by atoms with Crippen molar-refractivity contribution in [3.63, 3.8) is 0 Å². The van der Waals surface area contributed by atoms with Crippen LogP contribution in [-0.4, -0.2) is 33.7 Å². The van der Waals surface area contributed by atoms with Crippen molar-refractivity contribution in [1.82, 2.24) is 5.32 Å². The molecule has 1 N–H and O–H groups in total. The minimum Gasteiger partial charge on any atom is -0.356 e. The lowest BCUT2D eigenvalue weighted by Crippen LogP contribution is -2.32. The highest BCUT2D eigenvalue weighted by atomic mass is 32.2. The van der Waals surface area contributed by atoms with Crippen LogP contribution < -0.4 is 9.62 Å². The van der Waals surface area contributed by atoms with Gasteiger partial charge in [-0.05, 0) is 37.1 Å². The van der Waals surface area contributed by atoms with Crippen LogP contribution in [-0.2, 0) is 14.8 Å². The molecule has 1 rings (SSSR count). The van der Waals surface area contributed by atoms with Crippen LogP contribution in [0.2, 0.25) is 0 Å². The summed E-state index contributed by atoms with van der Waals surface area (Å²) in [7, 11) is -3.47. The lowest BCUT2D eigenvalue weighted by molar-refractivity contribution is -0.121. The molecule has 0 aliphatic carbocycles. The van der Waals surface area contributed by atoms with Gasteiger partial charge in [-0.25, -0.2) is 12.8 Å². The Morgan fingerprint density at radius 2 is 1.90 bits per heavy atom. The van der Waals surface area contributed by atoms with Gasteiger partial charge in [-0.3, -0.25) is 9.10 Å². The van der Waals surface area contributed by atoms with E-state index in [-0.39, 0.29) is 18.9 Å². The van der Waals surface area contributed by atoms with E-state index in [0.29, 0.717) is 18.7 Å². The van der Waals surface area contributed by atoms with Crippen molar-refractivity contribution in [3.05, 3.63) is 30.1 Å². The van der Waals surface area contributed by atoms with E-state index in [1.165, 1.54) is 28.6 Å². The molecular formula is C14H21FN2O3S. The summed E-state index contributed by atoms with van der Waals surface area (Å²) in [6, 6.07) is 5.24. The first kappa shape index (κ1) is 17.4. The Morgan fingerprint density at radius 1 is 1.29 bits per heavy atom. The Labute approximate surface area is 125 Å². The second-order valence-electron chi connectivity index (χ2n) is 4.77. The molecule has 0 unspecified atom stereocenters. The smallest absolute Gasteiger partial charge is 0.232 e. The van der Waals surface area contributed by atoms with Crippen LogP contribution in [0.3, 0.4) is 0 Å². The van der Waals surface area contributed by atoms with Crippen molar-refractivity contribution in [2.45, 2.75) is 26.2 Å². The van der Waals surface area contributed by atoms with E-state index < -0.39 is 15.8 Å². The fourth-order valence-corrected chi connectivity index (χ4v) is 2.80. The zero-order chi connectivity index (χ0) is 15.9. The third-order valence-electron chi connectivity index (χ3n) is 2.85. The summed E-state index contributed by atoms with van der Waals surface area (Å²) in [5.74, 6) is -0.518. The summed E-state index contributed by atoms with van der Waals surface area (Å²) in [4.78, 5) is 11.5. The predicted octanol–water partition coefficient (Wildman–Crippen LogP) is 1.90. The number of sulfonamides is 1. The number of hydrogen-bond donors (Lipinski definition) is 1. The summed E-state index contributed by atoms with van der Waals surface area (Å²) in [6.07, 6.45) is 2.61.